The lowest BCUT2D eigenvalue weighted by Crippen LogP contribution is -2.27. The molecule has 0 fully saturated rings. The van der Waals surface area contributed by atoms with E-state index in [9.17, 15) is 9.59 Å². The van der Waals surface area contributed by atoms with Crippen LogP contribution in [0.25, 0.3) is 16.3 Å². The summed E-state index contributed by atoms with van der Waals surface area (Å²) in [5.41, 5.74) is 1.55. The van der Waals surface area contributed by atoms with E-state index in [1.165, 1.54) is 24.6 Å². The maximum absolute atomic E-state index is 11.9. The molecule has 2 aromatic heterocycles. The second-order valence-electron chi connectivity index (χ2n) is 7.71. The van der Waals surface area contributed by atoms with Gasteiger partial charge in [0.1, 0.15) is 16.4 Å². The van der Waals surface area contributed by atoms with Gasteiger partial charge in [0.05, 0.1) is 10.2 Å². The van der Waals surface area contributed by atoms with E-state index in [1.54, 1.807) is 30.4 Å². The number of thiazole rings is 1. The second kappa shape index (κ2) is 9.49. The minimum absolute atomic E-state index is 0.327. The van der Waals surface area contributed by atoms with Crippen molar-refractivity contribution in [2.24, 2.45) is 0 Å². The van der Waals surface area contributed by atoms with Crippen molar-refractivity contribution >= 4 is 51.3 Å². The molecule has 0 aliphatic carbocycles. The van der Waals surface area contributed by atoms with Crippen molar-refractivity contribution in [1.29, 1.82) is 0 Å². The molecule has 0 aliphatic rings. The zero-order valence-electron chi connectivity index (χ0n) is 18.0. The number of amides is 2. The number of allylic oxidation sites excluding steroid dienone is 1. The summed E-state index contributed by atoms with van der Waals surface area (Å²) in [6.45, 7) is 5.43. The molecule has 3 aromatic rings. The summed E-state index contributed by atoms with van der Waals surface area (Å²) in [5, 5.41) is 12.5. The molecule has 0 spiro atoms. The van der Waals surface area contributed by atoms with E-state index in [-0.39, 0.29) is 0 Å². The number of fused-ring (bicyclic) bond motifs is 1. The van der Waals surface area contributed by atoms with Crippen LogP contribution in [0.4, 0.5) is 21.1 Å². The number of carboxylic acid groups (broad SMARTS) is 1. The normalized spacial score (nSPS) is 11.1. The maximum atomic E-state index is 11.9. The summed E-state index contributed by atoms with van der Waals surface area (Å²) in [7, 11) is 1.42. The number of hydrogen-bond acceptors (Lipinski definition) is 6. The van der Waals surface area contributed by atoms with Crippen molar-refractivity contribution in [2.45, 2.75) is 26.4 Å². The lowest BCUT2D eigenvalue weighted by molar-refractivity contribution is 0.0636. The first kappa shape index (κ1) is 22.8. The summed E-state index contributed by atoms with van der Waals surface area (Å²) >= 11 is 1.47. The van der Waals surface area contributed by atoms with Gasteiger partial charge in [-0.05, 0) is 63.3 Å². The smallest absolute Gasteiger partial charge is 0.412 e. The Morgan fingerprint density at radius 3 is 2.69 bits per heavy atom. The fourth-order valence-electron chi connectivity index (χ4n) is 2.51. The summed E-state index contributed by atoms with van der Waals surface area (Å²) < 4.78 is 6.19. The van der Waals surface area contributed by atoms with Gasteiger partial charge in [0.15, 0.2) is 0 Å². The number of anilines is 2. The van der Waals surface area contributed by atoms with Gasteiger partial charge in [0, 0.05) is 24.5 Å². The van der Waals surface area contributed by atoms with Crippen LogP contribution in [0.1, 0.15) is 31.3 Å². The van der Waals surface area contributed by atoms with E-state index >= 15 is 0 Å². The Morgan fingerprint density at radius 2 is 2.03 bits per heavy atom. The standard InChI is InChI=1S/C23H22N4O4S/c1-23(2,3)31-21(28)25-16-10-11-17-18(13-16)32-20(26-17)8-6-5-7-15-9-12-19(24-14-15)27(4)22(29)30/h6,8-14H,1-4H3,(H,25,28)(H,29,30)/b8-6+. The number of carbonyl (C=O) groups is 2. The molecule has 0 saturated carbocycles. The highest BCUT2D eigenvalue weighted by Crippen LogP contribution is 2.26. The first-order chi connectivity index (χ1) is 15.1. The summed E-state index contributed by atoms with van der Waals surface area (Å²) in [4.78, 5) is 32.5. The second-order valence-corrected chi connectivity index (χ2v) is 8.77. The Labute approximate surface area is 189 Å². The van der Waals surface area contributed by atoms with Crippen LogP contribution in [0.5, 0.6) is 0 Å². The molecule has 164 valence electrons. The molecule has 0 saturated heterocycles. The predicted molar refractivity (Wildman–Crippen MR) is 126 cm³/mol. The van der Waals surface area contributed by atoms with E-state index in [0.717, 1.165) is 20.1 Å². The van der Waals surface area contributed by atoms with Crippen molar-refractivity contribution in [3.63, 3.8) is 0 Å². The molecule has 0 bridgehead atoms. The zero-order chi connectivity index (χ0) is 23.3. The largest absolute Gasteiger partial charge is 0.465 e. The van der Waals surface area contributed by atoms with Crippen molar-refractivity contribution < 1.29 is 19.4 Å². The first-order valence-corrected chi connectivity index (χ1v) is 10.4. The van der Waals surface area contributed by atoms with Crippen molar-refractivity contribution in [3.8, 4) is 11.8 Å². The van der Waals surface area contributed by atoms with Crippen molar-refractivity contribution in [2.75, 3.05) is 17.3 Å². The molecular weight excluding hydrogens is 428 g/mol. The number of carbonyl (C=O) groups excluding carboxylic acids is 1. The van der Waals surface area contributed by atoms with Crippen molar-refractivity contribution in [3.05, 3.63) is 53.2 Å². The van der Waals surface area contributed by atoms with Crippen LogP contribution in [-0.2, 0) is 4.74 Å². The minimum atomic E-state index is -1.08. The van der Waals surface area contributed by atoms with Crippen LogP contribution < -0.4 is 10.2 Å². The van der Waals surface area contributed by atoms with Gasteiger partial charge in [-0.3, -0.25) is 10.2 Å². The van der Waals surface area contributed by atoms with E-state index in [4.69, 9.17) is 9.84 Å². The molecular formula is C23H22N4O4S. The molecule has 2 heterocycles. The highest BCUT2D eigenvalue weighted by molar-refractivity contribution is 7.19. The molecule has 0 radical (unpaired) electrons. The number of benzene rings is 1. The fraction of sp³-hybridized carbons (Fsp3) is 0.217. The Bertz CT molecular complexity index is 1230. The number of hydrogen-bond donors (Lipinski definition) is 2. The van der Waals surface area contributed by atoms with E-state index in [1.807, 2.05) is 32.9 Å². The topological polar surface area (TPSA) is 105 Å². The van der Waals surface area contributed by atoms with Gasteiger partial charge in [0.25, 0.3) is 0 Å². The Kier molecular flexibility index (Phi) is 6.76. The minimum Gasteiger partial charge on any atom is -0.465 e. The average molecular weight is 451 g/mol. The molecule has 3 rings (SSSR count). The Balaban J connectivity index is 1.65. The molecule has 0 unspecified atom stereocenters. The Morgan fingerprint density at radius 1 is 1.25 bits per heavy atom. The van der Waals surface area contributed by atoms with Gasteiger partial charge in [-0.15, -0.1) is 11.3 Å². The molecule has 0 atom stereocenters. The highest BCUT2D eigenvalue weighted by Gasteiger charge is 2.16. The SMILES string of the molecule is CN(C(=O)O)c1ccc(C#C/C=C/c2nc3ccc(NC(=O)OC(C)(C)C)cc3s2)cn1. The van der Waals surface area contributed by atoms with E-state index < -0.39 is 17.8 Å². The molecule has 9 heteroatoms. The first-order valence-electron chi connectivity index (χ1n) is 9.62. The third-order valence-corrected chi connectivity index (χ3v) is 4.94. The average Bonchev–Trinajstić information content (AvgIpc) is 3.11. The van der Waals surface area contributed by atoms with Gasteiger partial charge in [0.2, 0.25) is 0 Å². The zero-order valence-corrected chi connectivity index (χ0v) is 18.9. The van der Waals surface area contributed by atoms with Crippen LogP contribution in [0.15, 0.2) is 42.6 Å². The number of nitrogens with zero attached hydrogens (tertiary/aromatic N) is 3. The molecule has 32 heavy (non-hydrogen) atoms. The van der Waals surface area contributed by atoms with Crippen LogP contribution in [0.3, 0.4) is 0 Å². The van der Waals surface area contributed by atoms with Crippen LogP contribution in [0, 0.1) is 11.8 Å². The van der Waals surface area contributed by atoms with Crippen LogP contribution in [-0.4, -0.2) is 39.9 Å². The summed E-state index contributed by atoms with van der Waals surface area (Å²) in [6.07, 6.45) is 3.43. The van der Waals surface area contributed by atoms with Gasteiger partial charge in [-0.25, -0.2) is 19.6 Å². The quantitative estimate of drug-likeness (QED) is 0.530. The third-order valence-electron chi connectivity index (χ3n) is 3.95. The van der Waals surface area contributed by atoms with Gasteiger partial charge in [-0.1, -0.05) is 11.8 Å². The number of ether oxygens (including phenoxy) is 1. The number of nitrogens with one attached hydrogen (secondary N) is 1. The van der Waals surface area contributed by atoms with Crippen molar-refractivity contribution in [1.82, 2.24) is 9.97 Å². The lowest BCUT2D eigenvalue weighted by atomic mass is 10.2. The molecule has 1 aromatic carbocycles. The fourth-order valence-corrected chi connectivity index (χ4v) is 3.42. The van der Waals surface area contributed by atoms with E-state index in [2.05, 4.69) is 27.1 Å². The van der Waals surface area contributed by atoms with Gasteiger partial charge < -0.3 is 9.84 Å². The maximum Gasteiger partial charge on any atom is 0.412 e. The van der Waals surface area contributed by atoms with Crippen LogP contribution in [0.2, 0.25) is 0 Å². The third kappa shape index (κ3) is 6.30. The van der Waals surface area contributed by atoms with Crippen LogP contribution >= 0.6 is 11.3 Å². The molecule has 2 amide bonds. The van der Waals surface area contributed by atoms with Gasteiger partial charge in [-0.2, -0.15) is 0 Å². The molecule has 2 N–H and O–H groups in total. The monoisotopic (exact) mass is 450 g/mol. The van der Waals surface area contributed by atoms with Gasteiger partial charge >= 0.3 is 12.2 Å². The number of rotatable bonds is 3. The Hall–Kier alpha value is -3.90. The summed E-state index contributed by atoms with van der Waals surface area (Å²) in [5.74, 6) is 6.19. The van der Waals surface area contributed by atoms with E-state index in [0.29, 0.717) is 17.1 Å². The molecule has 8 nitrogen and oxygen atoms in total. The summed E-state index contributed by atoms with van der Waals surface area (Å²) in [6, 6.07) is 8.76. The lowest BCUT2D eigenvalue weighted by Gasteiger charge is -2.19. The highest BCUT2D eigenvalue weighted by atomic mass is 32.1. The number of pyridine rings is 1. The number of aromatic nitrogens is 2. The predicted octanol–water partition coefficient (Wildman–Crippen LogP) is 5.22. The molecule has 0 aliphatic heterocycles.